The molecule has 1 aromatic carbocycles. The van der Waals surface area contributed by atoms with Crippen LogP contribution in [0.15, 0.2) is 12.1 Å². The Labute approximate surface area is 130 Å². The SMILES string of the molecule is CC(C)(C)NC(=O)CNCc1cc(Cl)c2c(c1)OCCO2. The number of hydrogen-bond donors (Lipinski definition) is 2. The number of nitrogens with one attached hydrogen (secondary N) is 2. The van der Waals surface area contributed by atoms with Crippen LogP contribution in [0.2, 0.25) is 5.02 Å². The van der Waals surface area contributed by atoms with Gasteiger partial charge in [-0.1, -0.05) is 11.6 Å². The summed E-state index contributed by atoms with van der Waals surface area (Å²) in [6, 6.07) is 3.71. The molecule has 21 heavy (non-hydrogen) atoms. The molecule has 0 aliphatic carbocycles. The van der Waals surface area contributed by atoms with Gasteiger partial charge in [0.15, 0.2) is 11.5 Å². The van der Waals surface area contributed by atoms with Crippen LogP contribution < -0.4 is 20.1 Å². The van der Waals surface area contributed by atoms with Crippen molar-refractivity contribution in [2.24, 2.45) is 0 Å². The van der Waals surface area contributed by atoms with Gasteiger partial charge in [-0.2, -0.15) is 0 Å². The zero-order chi connectivity index (χ0) is 15.5. The Bertz CT molecular complexity index is 526. The van der Waals surface area contributed by atoms with Gasteiger partial charge in [0.05, 0.1) is 11.6 Å². The summed E-state index contributed by atoms with van der Waals surface area (Å²) in [5.74, 6) is 1.22. The molecule has 1 amide bonds. The fourth-order valence-electron chi connectivity index (χ4n) is 2.05. The first-order valence-electron chi connectivity index (χ1n) is 6.95. The third-order valence-corrected chi connectivity index (χ3v) is 3.07. The minimum Gasteiger partial charge on any atom is -0.486 e. The lowest BCUT2D eigenvalue weighted by Gasteiger charge is -2.21. The van der Waals surface area contributed by atoms with Crippen LogP contribution in [0.25, 0.3) is 0 Å². The van der Waals surface area contributed by atoms with E-state index in [2.05, 4.69) is 10.6 Å². The molecule has 1 aromatic rings. The van der Waals surface area contributed by atoms with Gasteiger partial charge in [0, 0.05) is 12.1 Å². The summed E-state index contributed by atoms with van der Waals surface area (Å²) in [6.45, 7) is 7.67. The maximum atomic E-state index is 11.7. The van der Waals surface area contributed by atoms with Crippen LogP contribution in [0, 0.1) is 0 Å². The van der Waals surface area contributed by atoms with E-state index in [0.717, 1.165) is 5.56 Å². The van der Waals surface area contributed by atoms with Gasteiger partial charge in [-0.15, -0.1) is 0 Å². The minimum absolute atomic E-state index is 0.0360. The van der Waals surface area contributed by atoms with Crippen LogP contribution in [0.3, 0.4) is 0 Å². The van der Waals surface area contributed by atoms with Crippen LogP contribution >= 0.6 is 11.6 Å². The summed E-state index contributed by atoms with van der Waals surface area (Å²) in [5.41, 5.74) is 0.729. The average Bonchev–Trinajstić information content (AvgIpc) is 2.36. The number of fused-ring (bicyclic) bond motifs is 1. The summed E-state index contributed by atoms with van der Waals surface area (Å²) in [6.07, 6.45) is 0. The van der Waals surface area contributed by atoms with E-state index < -0.39 is 0 Å². The van der Waals surface area contributed by atoms with Gasteiger partial charge in [0.1, 0.15) is 13.2 Å². The summed E-state index contributed by atoms with van der Waals surface area (Å²) < 4.78 is 11.0. The largest absolute Gasteiger partial charge is 0.486 e. The molecule has 1 aliphatic rings. The summed E-state index contributed by atoms with van der Waals surface area (Å²) >= 11 is 6.16. The zero-order valence-electron chi connectivity index (χ0n) is 12.6. The second-order valence-corrected chi connectivity index (χ2v) is 6.41. The summed E-state index contributed by atoms with van der Waals surface area (Å²) in [5, 5.41) is 6.52. The smallest absolute Gasteiger partial charge is 0.234 e. The molecule has 0 saturated heterocycles. The van der Waals surface area contributed by atoms with E-state index in [1.54, 1.807) is 0 Å². The zero-order valence-corrected chi connectivity index (χ0v) is 13.3. The van der Waals surface area contributed by atoms with Crippen molar-refractivity contribution in [3.63, 3.8) is 0 Å². The fraction of sp³-hybridized carbons (Fsp3) is 0.533. The molecule has 0 aromatic heterocycles. The lowest BCUT2D eigenvalue weighted by molar-refractivity contribution is -0.121. The van der Waals surface area contributed by atoms with Crippen molar-refractivity contribution in [1.29, 1.82) is 0 Å². The average molecular weight is 313 g/mol. The van der Waals surface area contributed by atoms with Gasteiger partial charge < -0.3 is 20.1 Å². The Morgan fingerprint density at radius 1 is 1.29 bits per heavy atom. The quantitative estimate of drug-likeness (QED) is 0.894. The number of halogens is 1. The van der Waals surface area contributed by atoms with E-state index in [1.807, 2.05) is 32.9 Å². The molecule has 5 nitrogen and oxygen atoms in total. The highest BCUT2D eigenvalue weighted by Crippen LogP contribution is 2.38. The van der Waals surface area contributed by atoms with Crippen LogP contribution in [0.1, 0.15) is 26.3 Å². The molecule has 0 saturated carbocycles. The maximum Gasteiger partial charge on any atom is 0.234 e. The molecule has 0 atom stereocenters. The van der Waals surface area contributed by atoms with E-state index in [1.165, 1.54) is 0 Å². The van der Waals surface area contributed by atoms with Crippen LogP contribution in [-0.4, -0.2) is 31.2 Å². The molecule has 2 rings (SSSR count). The van der Waals surface area contributed by atoms with Crippen molar-refractivity contribution >= 4 is 17.5 Å². The third-order valence-electron chi connectivity index (χ3n) is 2.79. The normalized spacial score (nSPS) is 13.9. The van der Waals surface area contributed by atoms with Crippen molar-refractivity contribution in [3.05, 3.63) is 22.7 Å². The molecule has 1 heterocycles. The van der Waals surface area contributed by atoms with E-state index in [0.29, 0.717) is 36.3 Å². The topological polar surface area (TPSA) is 59.6 Å². The standard InChI is InChI=1S/C15H21ClN2O3/c1-15(2,3)18-13(19)9-17-8-10-6-11(16)14-12(7-10)20-4-5-21-14/h6-7,17H,4-5,8-9H2,1-3H3,(H,18,19). The Morgan fingerprint density at radius 3 is 2.71 bits per heavy atom. The number of ether oxygens (including phenoxy) is 2. The van der Waals surface area contributed by atoms with Gasteiger partial charge in [-0.05, 0) is 38.5 Å². The van der Waals surface area contributed by atoms with Crippen molar-refractivity contribution < 1.29 is 14.3 Å². The van der Waals surface area contributed by atoms with Crippen molar-refractivity contribution in [2.45, 2.75) is 32.9 Å². The summed E-state index contributed by atoms with van der Waals surface area (Å²) in [4.78, 5) is 11.7. The number of carbonyl (C=O) groups is 1. The minimum atomic E-state index is -0.223. The van der Waals surface area contributed by atoms with E-state index in [9.17, 15) is 4.79 Å². The first kappa shape index (κ1) is 15.9. The number of hydrogen-bond acceptors (Lipinski definition) is 4. The molecule has 2 N–H and O–H groups in total. The maximum absolute atomic E-state index is 11.7. The molecule has 116 valence electrons. The molecule has 0 fully saturated rings. The highest BCUT2D eigenvalue weighted by Gasteiger charge is 2.17. The van der Waals surface area contributed by atoms with Gasteiger partial charge in [-0.3, -0.25) is 4.79 Å². The molecule has 0 spiro atoms. The third kappa shape index (κ3) is 4.79. The first-order chi connectivity index (χ1) is 9.85. The van der Waals surface area contributed by atoms with Gasteiger partial charge in [0.2, 0.25) is 5.91 Å². The van der Waals surface area contributed by atoms with Crippen molar-refractivity contribution in [1.82, 2.24) is 10.6 Å². The van der Waals surface area contributed by atoms with E-state index in [4.69, 9.17) is 21.1 Å². The number of carbonyl (C=O) groups excluding carboxylic acids is 1. The number of rotatable bonds is 4. The highest BCUT2D eigenvalue weighted by atomic mass is 35.5. The van der Waals surface area contributed by atoms with E-state index in [-0.39, 0.29) is 18.0 Å². The van der Waals surface area contributed by atoms with Crippen LogP contribution in [0.5, 0.6) is 11.5 Å². The Hall–Kier alpha value is -1.46. The lowest BCUT2D eigenvalue weighted by Crippen LogP contribution is -2.44. The fourth-order valence-corrected chi connectivity index (χ4v) is 2.34. The summed E-state index contributed by atoms with van der Waals surface area (Å²) in [7, 11) is 0. The van der Waals surface area contributed by atoms with Gasteiger partial charge in [-0.25, -0.2) is 0 Å². The molecule has 6 heteroatoms. The van der Waals surface area contributed by atoms with Crippen LogP contribution in [-0.2, 0) is 11.3 Å². The van der Waals surface area contributed by atoms with Crippen molar-refractivity contribution in [3.8, 4) is 11.5 Å². The van der Waals surface area contributed by atoms with Gasteiger partial charge >= 0.3 is 0 Å². The first-order valence-corrected chi connectivity index (χ1v) is 7.33. The Morgan fingerprint density at radius 2 is 2.00 bits per heavy atom. The molecular formula is C15H21ClN2O3. The molecular weight excluding hydrogens is 292 g/mol. The molecule has 1 aliphatic heterocycles. The lowest BCUT2D eigenvalue weighted by atomic mass is 10.1. The number of amides is 1. The van der Waals surface area contributed by atoms with Crippen LogP contribution in [0.4, 0.5) is 0 Å². The monoisotopic (exact) mass is 312 g/mol. The predicted octanol–water partition coefficient (Wildman–Crippen LogP) is 2.12. The van der Waals surface area contributed by atoms with Crippen molar-refractivity contribution in [2.75, 3.05) is 19.8 Å². The van der Waals surface area contributed by atoms with Gasteiger partial charge in [0.25, 0.3) is 0 Å². The number of benzene rings is 1. The van der Waals surface area contributed by atoms with E-state index >= 15 is 0 Å². The second kappa shape index (κ2) is 6.54. The Balaban J connectivity index is 1.89. The Kier molecular flexibility index (Phi) is 4.96. The highest BCUT2D eigenvalue weighted by molar-refractivity contribution is 6.32. The molecule has 0 bridgehead atoms. The molecule has 0 unspecified atom stereocenters. The predicted molar refractivity (Wildman–Crippen MR) is 82.0 cm³/mol. The second-order valence-electron chi connectivity index (χ2n) is 6.00. The molecule has 0 radical (unpaired) electrons.